The number of hydrogen-bond donors (Lipinski definition) is 1. The van der Waals surface area contributed by atoms with Crippen molar-refractivity contribution in [2.75, 3.05) is 5.73 Å². The van der Waals surface area contributed by atoms with Gasteiger partial charge < -0.3 is 5.73 Å². The highest BCUT2D eigenvalue weighted by atomic mass is 32.2. The Kier molecular flexibility index (Phi) is 3.99. The molecule has 0 spiro atoms. The lowest BCUT2D eigenvalue weighted by Crippen LogP contribution is -1.82. The average molecular weight is 299 g/mol. The highest BCUT2D eigenvalue weighted by Crippen LogP contribution is 2.27. The Morgan fingerprint density at radius 1 is 0.900 bits per heavy atom. The molecule has 0 saturated heterocycles. The molecule has 0 unspecified atom stereocenters. The highest BCUT2D eigenvalue weighted by molar-refractivity contribution is 8.00. The minimum Gasteiger partial charge on any atom is -0.374 e. The third-order valence-electron chi connectivity index (χ3n) is 2.85. The molecule has 3 nitrogen and oxygen atoms in total. The van der Waals surface area contributed by atoms with Gasteiger partial charge in [0, 0.05) is 5.75 Å². The number of aromatic nitrogens is 2. The molecule has 1 aromatic heterocycles. The van der Waals surface area contributed by atoms with Crippen molar-refractivity contribution in [2.45, 2.75) is 10.1 Å². The lowest BCUT2D eigenvalue weighted by atomic mass is 10.0. The first-order valence-corrected chi connectivity index (χ1v) is 7.97. The molecule has 0 bridgehead atoms. The first-order valence-electron chi connectivity index (χ1n) is 6.17. The molecule has 0 aliphatic rings. The average Bonchev–Trinajstić information content (AvgIpc) is 2.92. The first kappa shape index (κ1) is 13.1. The molecule has 0 saturated carbocycles. The Morgan fingerprint density at radius 3 is 2.25 bits per heavy atom. The topological polar surface area (TPSA) is 51.8 Å². The molecule has 0 fully saturated rings. The Labute approximate surface area is 125 Å². The van der Waals surface area contributed by atoms with Crippen LogP contribution in [0, 0.1) is 0 Å². The predicted molar refractivity (Wildman–Crippen MR) is 85.8 cm³/mol. The number of nitrogen functional groups attached to an aromatic ring is 1. The van der Waals surface area contributed by atoms with Crippen LogP contribution in [-0.4, -0.2) is 10.2 Å². The minimum absolute atomic E-state index is 0.520. The van der Waals surface area contributed by atoms with Gasteiger partial charge in [-0.3, -0.25) is 0 Å². The van der Waals surface area contributed by atoms with Gasteiger partial charge in [0.05, 0.1) is 0 Å². The number of nitrogens with two attached hydrogens (primary N) is 1. The van der Waals surface area contributed by atoms with Crippen LogP contribution in [0.1, 0.15) is 5.56 Å². The van der Waals surface area contributed by atoms with E-state index >= 15 is 0 Å². The van der Waals surface area contributed by atoms with Crippen molar-refractivity contribution in [3.63, 3.8) is 0 Å². The van der Waals surface area contributed by atoms with Gasteiger partial charge in [-0.25, -0.2) is 0 Å². The fourth-order valence-corrected chi connectivity index (χ4v) is 3.44. The molecule has 5 heteroatoms. The summed E-state index contributed by atoms with van der Waals surface area (Å²) in [4.78, 5) is 0. The molecule has 2 N–H and O–H groups in total. The number of benzene rings is 2. The smallest absolute Gasteiger partial charge is 0.203 e. The van der Waals surface area contributed by atoms with Gasteiger partial charge in [0.25, 0.3) is 0 Å². The molecular weight excluding hydrogens is 286 g/mol. The van der Waals surface area contributed by atoms with Crippen molar-refractivity contribution >= 4 is 28.2 Å². The zero-order valence-electron chi connectivity index (χ0n) is 10.7. The molecule has 3 aromatic rings. The predicted octanol–water partition coefficient (Wildman–Crippen LogP) is 4.08. The van der Waals surface area contributed by atoms with Crippen molar-refractivity contribution < 1.29 is 0 Å². The normalized spacial score (nSPS) is 10.6. The molecule has 0 aliphatic carbocycles. The minimum atomic E-state index is 0.520. The fraction of sp³-hybridized carbons (Fsp3) is 0.0667. The van der Waals surface area contributed by atoms with E-state index in [0.717, 1.165) is 10.1 Å². The van der Waals surface area contributed by atoms with Crippen molar-refractivity contribution in [1.29, 1.82) is 0 Å². The third-order valence-corrected chi connectivity index (χ3v) is 4.80. The van der Waals surface area contributed by atoms with E-state index in [2.05, 4.69) is 58.7 Å². The summed E-state index contributed by atoms with van der Waals surface area (Å²) in [6, 6.07) is 19.0. The summed E-state index contributed by atoms with van der Waals surface area (Å²) in [6.07, 6.45) is 0. The molecule has 20 heavy (non-hydrogen) atoms. The van der Waals surface area contributed by atoms with E-state index in [4.69, 9.17) is 5.73 Å². The van der Waals surface area contributed by atoms with Crippen LogP contribution in [0.3, 0.4) is 0 Å². The largest absolute Gasteiger partial charge is 0.374 e. The summed E-state index contributed by atoms with van der Waals surface area (Å²) >= 11 is 3.09. The van der Waals surface area contributed by atoms with E-state index in [-0.39, 0.29) is 0 Å². The van der Waals surface area contributed by atoms with Crippen molar-refractivity contribution in [1.82, 2.24) is 10.2 Å². The Balaban J connectivity index is 1.67. The molecule has 3 rings (SSSR count). The zero-order chi connectivity index (χ0) is 13.8. The molecule has 1 heterocycles. The lowest BCUT2D eigenvalue weighted by Gasteiger charge is -2.03. The molecule has 0 aliphatic heterocycles. The summed E-state index contributed by atoms with van der Waals surface area (Å²) in [5.41, 5.74) is 9.31. The Bertz CT molecular complexity index is 678. The number of nitrogens with zero attached hydrogens (tertiary/aromatic N) is 2. The van der Waals surface area contributed by atoms with Gasteiger partial charge in [-0.1, -0.05) is 77.7 Å². The molecule has 0 atom stereocenters. The van der Waals surface area contributed by atoms with Gasteiger partial charge in [0.1, 0.15) is 0 Å². The van der Waals surface area contributed by atoms with Crippen LogP contribution in [0.4, 0.5) is 5.13 Å². The third kappa shape index (κ3) is 3.18. The van der Waals surface area contributed by atoms with Gasteiger partial charge >= 0.3 is 0 Å². The number of hydrogen-bond acceptors (Lipinski definition) is 5. The zero-order valence-corrected chi connectivity index (χ0v) is 12.3. The van der Waals surface area contributed by atoms with Gasteiger partial charge in [-0.2, -0.15) is 0 Å². The van der Waals surface area contributed by atoms with Crippen LogP contribution < -0.4 is 5.73 Å². The molecular formula is C15H13N3S2. The van der Waals surface area contributed by atoms with Crippen molar-refractivity contribution in [3.8, 4) is 11.1 Å². The molecule has 0 radical (unpaired) electrons. The van der Waals surface area contributed by atoms with Crippen LogP contribution in [0.2, 0.25) is 0 Å². The van der Waals surface area contributed by atoms with Crippen LogP contribution >= 0.6 is 23.1 Å². The quantitative estimate of drug-likeness (QED) is 0.738. The maximum atomic E-state index is 5.56. The summed E-state index contributed by atoms with van der Waals surface area (Å²) in [7, 11) is 0. The van der Waals surface area contributed by atoms with E-state index in [0.29, 0.717) is 5.13 Å². The van der Waals surface area contributed by atoms with Crippen LogP contribution in [0.15, 0.2) is 58.9 Å². The first-order chi connectivity index (χ1) is 9.81. The van der Waals surface area contributed by atoms with Gasteiger partial charge in [0.2, 0.25) is 5.13 Å². The summed E-state index contributed by atoms with van der Waals surface area (Å²) in [5, 5.41) is 8.33. The number of anilines is 1. The van der Waals surface area contributed by atoms with Crippen molar-refractivity contribution in [2.24, 2.45) is 0 Å². The Morgan fingerprint density at radius 2 is 1.60 bits per heavy atom. The maximum Gasteiger partial charge on any atom is 0.203 e. The number of rotatable bonds is 4. The second kappa shape index (κ2) is 6.07. The summed E-state index contributed by atoms with van der Waals surface area (Å²) in [5.74, 6) is 0.879. The van der Waals surface area contributed by atoms with E-state index in [9.17, 15) is 0 Å². The summed E-state index contributed by atoms with van der Waals surface area (Å²) in [6.45, 7) is 0. The van der Waals surface area contributed by atoms with E-state index in [1.165, 1.54) is 28.0 Å². The van der Waals surface area contributed by atoms with Gasteiger partial charge in [0.15, 0.2) is 4.34 Å². The second-order valence-electron chi connectivity index (χ2n) is 4.26. The highest BCUT2D eigenvalue weighted by Gasteiger charge is 2.03. The SMILES string of the molecule is Nc1nnc(SCc2ccc(-c3ccccc3)cc2)s1. The van der Waals surface area contributed by atoms with E-state index in [1.54, 1.807) is 11.8 Å². The molecule has 0 amide bonds. The second-order valence-corrected chi connectivity index (χ2v) is 6.49. The molecule has 100 valence electrons. The van der Waals surface area contributed by atoms with Crippen LogP contribution in [0.25, 0.3) is 11.1 Å². The van der Waals surface area contributed by atoms with Gasteiger partial charge in [-0.15, -0.1) is 10.2 Å². The monoisotopic (exact) mass is 299 g/mol. The standard InChI is InChI=1S/C15H13N3S2/c16-14-17-18-15(20-14)19-10-11-6-8-13(9-7-11)12-4-2-1-3-5-12/h1-9H,10H2,(H2,16,17). The molecule has 2 aromatic carbocycles. The van der Waals surface area contributed by atoms with Gasteiger partial charge in [-0.05, 0) is 16.7 Å². The summed E-state index contributed by atoms with van der Waals surface area (Å²) < 4.78 is 0.912. The van der Waals surface area contributed by atoms with E-state index in [1.807, 2.05) is 6.07 Å². The number of thioether (sulfide) groups is 1. The van der Waals surface area contributed by atoms with Crippen LogP contribution in [0.5, 0.6) is 0 Å². The van der Waals surface area contributed by atoms with Crippen LogP contribution in [-0.2, 0) is 5.75 Å². The Hall–Kier alpha value is -1.85. The maximum absolute atomic E-state index is 5.56. The van der Waals surface area contributed by atoms with Crippen molar-refractivity contribution in [3.05, 3.63) is 60.2 Å². The lowest BCUT2D eigenvalue weighted by molar-refractivity contribution is 1.02. The fourth-order valence-electron chi connectivity index (χ4n) is 1.85. The van der Waals surface area contributed by atoms with E-state index < -0.39 is 0 Å².